The van der Waals surface area contributed by atoms with Gasteiger partial charge in [0.15, 0.2) is 0 Å². The van der Waals surface area contributed by atoms with Crippen LogP contribution in [0.25, 0.3) is 0 Å². The third-order valence-corrected chi connectivity index (χ3v) is 3.37. The number of benzene rings is 1. The second-order valence-electron chi connectivity index (χ2n) is 5.65. The van der Waals surface area contributed by atoms with Crippen molar-refractivity contribution in [1.29, 1.82) is 0 Å². The highest BCUT2D eigenvalue weighted by Crippen LogP contribution is 2.22. The fraction of sp³-hybridized carbons (Fsp3) is 0.467. The normalized spacial score (nSPS) is 15.2. The van der Waals surface area contributed by atoms with Crippen molar-refractivity contribution in [3.63, 3.8) is 0 Å². The van der Waals surface area contributed by atoms with E-state index in [9.17, 15) is 9.59 Å². The van der Waals surface area contributed by atoms with E-state index in [-0.39, 0.29) is 11.8 Å². The van der Waals surface area contributed by atoms with E-state index in [4.69, 9.17) is 5.73 Å². The molecule has 1 unspecified atom stereocenters. The molecule has 1 atom stereocenters. The van der Waals surface area contributed by atoms with Gasteiger partial charge in [0.1, 0.15) is 6.04 Å². The molecule has 0 aliphatic heterocycles. The van der Waals surface area contributed by atoms with E-state index >= 15 is 0 Å². The van der Waals surface area contributed by atoms with Crippen LogP contribution in [-0.4, -0.2) is 42.9 Å². The molecule has 0 saturated heterocycles. The molecule has 0 aromatic heterocycles. The first kappa shape index (κ1) is 15.2. The molecule has 1 aliphatic rings. The predicted octanol–water partition coefficient (Wildman–Crippen LogP) is 1.05. The second kappa shape index (κ2) is 6.03. The number of nitrogens with one attached hydrogen (secondary N) is 2. The van der Waals surface area contributed by atoms with Crippen molar-refractivity contribution in [3.05, 3.63) is 23.8 Å². The standard InChI is InChI=1S/C15H22N4O2/c1-9(14(20)18-11-5-6-11)17-13-8-10(16)4-7-12(13)15(21)19(2)3/h4,7-9,11,17H,5-6,16H2,1-3H3,(H,18,20). The third-order valence-electron chi connectivity index (χ3n) is 3.37. The van der Waals surface area contributed by atoms with Crippen LogP contribution in [0.5, 0.6) is 0 Å². The maximum atomic E-state index is 12.2. The van der Waals surface area contributed by atoms with Gasteiger partial charge in [-0.25, -0.2) is 0 Å². The average molecular weight is 290 g/mol. The molecular formula is C15H22N4O2. The molecule has 2 amide bonds. The zero-order chi connectivity index (χ0) is 15.6. The molecule has 114 valence electrons. The average Bonchev–Trinajstić information content (AvgIpc) is 3.22. The number of carbonyl (C=O) groups is 2. The summed E-state index contributed by atoms with van der Waals surface area (Å²) >= 11 is 0. The number of nitrogens with zero attached hydrogens (tertiary/aromatic N) is 1. The summed E-state index contributed by atoms with van der Waals surface area (Å²) in [7, 11) is 3.37. The third kappa shape index (κ3) is 3.87. The van der Waals surface area contributed by atoms with Crippen LogP contribution in [0.2, 0.25) is 0 Å². The van der Waals surface area contributed by atoms with E-state index in [1.807, 2.05) is 0 Å². The Balaban J connectivity index is 2.15. The minimum Gasteiger partial charge on any atom is -0.399 e. The van der Waals surface area contributed by atoms with Crippen molar-refractivity contribution in [1.82, 2.24) is 10.2 Å². The summed E-state index contributed by atoms with van der Waals surface area (Å²) in [6.45, 7) is 1.77. The van der Waals surface area contributed by atoms with Gasteiger partial charge >= 0.3 is 0 Å². The van der Waals surface area contributed by atoms with Crippen LogP contribution >= 0.6 is 0 Å². The topological polar surface area (TPSA) is 87.5 Å². The van der Waals surface area contributed by atoms with Crippen molar-refractivity contribution in [2.45, 2.75) is 31.8 Å². The SMILES string of the molecule is CC(Nc1cc(N)ccc1C(=O)N(C)C)C(=O)NC1CC1. The van der Waals surface area contributed by atoms with E-state index < -0.39 is 6.04 Å². The highest BCUT2D eigenvalue weighted by Gasteiger charge is 2.26. The van der Waals surface area contributed by atoms with Gasteiger partial charge in [0.05, 0.1) is 5.56 Å². The second-order valence-corrected chi connectivity index (χ2v) is 5.65. The van der Waals surface area contributed by atoms with Gasteiger partial charge in [-0.05, 0) is 38.0 Å². The molecule has 1 aromatic rings. The van der Waals surface area contributed by atoms with E-state index in [0.29, 0.717) is 23.0 Å². The zero-order valence-corrected chi connectivity index (χ0v) is 12.6. The van der Waals surface area contributed by atoms with Crippen molar-refractivity contribution in [2.24, 2.45) is 0 Å². The molecule has 21 heavy (non-hydrogen) atoms. The van der Waals surface area contributed by atoms with E-state index in [2.05, 4.69) is 10.6 Å². The fourth-order valence-electron chi connectivity index (χ4n) is 1.96. The van der Waals surface area contributed by atoms with Gasteiger partial charge in [0.2, 0.25) is 5.91 Å². The first-order valence-corrected chi connectivity index (χ1v) is 7.06. The summed E-state index contributed by atoms with van der Waals surface area (Å²) in [4.78, 5) is 25.6. The first-order valence-electron chi connectivity index (χ1n) is 7.06. The van der Waals surface area contributed by atoms with Gasteiger partial charge < -0.3 is 21.3 Å². The van der Waals surface area contributed by atoms with Crippen LogP contribution in [0.3, 0.4) is 0 Å². The van der Waals surface area contributed by atoms with Gasteiger partial charge in [0.25, 0.3) is 5.91 Å². The number of amides is 2. The number of hydrogen-bond acceptors (Lipinski definition) is 4. The molecule has 1 aliphatic carbocycles. The Kier molecular flexibility index (Phi) is 4.35. The Hall–Kier alpha value is -2.24. The Labute approximate surface area is 124 Å². The summed E-state index contributed by atoms with van der Waals surface area (Å²) in [5.41, 5.74) is 7.40. The van der Waals surface area contributed by atoms with Crippen molar-refractivity contribution < 1.29 is 9.59 Å². The van der Waals surface area contributed by atoms with Gasteiger partial charge in [-0.15, -0.1) is 0 Å². The number of rotatable bonds is 5. The predicted molar refractivity (Wildman–Crippen MR) is 83.1 cm³/mol. The zero-order valence-electron chi connectivity index (χ0n) is 12.6. The summed E-state index contributed by atoms with van der Waals surface area (Å²) in [5, 5.41) is 6.01. The lowest BCUT2D eigenvalue weighted by Gasteiger charge is -2.19. The molecule has 1 fully saturated rings. The summed E-state index contributed by atoms with van der Waals surface area (Å²) in [5.74, 6) is -0.199. The van der Waals surface area contributed by atoms with Gasteiger partial charge in [-0.1, -0.05) is 0 Å². The monoisotopic (exact) mass is 290 g/mol. The lowest BCUT2D eigenvalue weighted by atomic mass is 10.1. The summed E-state index contributed by atoms with van der Waals surface area (Å²) in [6.07, 6.45) is 2.09. The van der Waals surface area contributed by atoms with Crippen molar-refractivity contribution >= 4 is 23.2 Å². The Morgan fingerprint density at radius 2 is 2.00 bits per heavy atom. The molecule has 0 bridgehead atoms. The van der Waals surface area contributed by atoms with Crippen molar-refractivity contribution in [2.75, 3.05) is 25.1 Å². The minimum absolute atomic E-state index is 0.0665. The molecule has 6 nitrogen and oxygen atoms in total. The molecular weight excluding hydrogens is 268 g/mol. The van der Waals surface area contributed by atoms with Gasteiger partial charge in [-0.2, -0.15) is 0 Å². The van der Waals surface area contributed by atoms with Crippen LogP contribution in [0, 0.1) is 0 Å². The lowest BCUT2D eigenvalue weighted by Crippen LogP contribution is -2.39. The molecule has 0 spiro atoms. The van der Waals surface area contributed by atoms with E-state index in [0.717, 1.165) is 12.8 Å². The van der Waals surface area contributed by atoms with Crippen LogP contribution in [0.15, 0.2) is 18.2 Å². The maximum Gasteiger partial charge on any atom is 0.255 e. The molecule has 0 radical (unpaired) electrons. The maximum absolute atomic E-state index is 12.2. The Bertz CT molecular complexity index is 553. The van der Waals surface area contributed by atoms with Crippen LogP contribution < -0.4 is 16.4 Å². The Morgan fingerprint density at radius 1 is 1.33 bits per heavy atom. The van der Waals surface area contributed by atoms with Crippen LogP contribution in [0.4, 0.5) is 11.4 Å². The van der Waals surface area contributed by atoms with Gasteiger partial charge in [-0.3, -0.25) is 9.59 Å². The minimum atomic E-state index is -0.430. The molecule has 2 rings (SSSR count). The number of nitrogens with two attached hydrogens (primary N) is 1. The number of hydrogen-bond donors (Lipinski definition) is 3. The smallest absolute Gasteiger partial charge is 0.255 e. The van der Waals surface area contributed by atoms with Crippen LogP contribution in [0.1, 0.15) is 30.1 Å². The molecule has 4 N–H and O–H groups in total. The quantitative estimate of drug-likeness (QED) is 0.707. The molecule has 1 aromatic carbocycles. The summed E-state index contributed by atoms with van der Waals surface area (Å²) < 4.78 is 0. The highest BCUT2D eigenvalue weighted by molar-refractivity contribution is 6.00. The van der Waals surface area contributed by atoms with E-state index in [1.165, 1.54) is 4.90 Å². The number of carbonyl (C=O) groups excluding carboxylic acids is 2. The van der Waals surface area contributed by atoms with Crippen molar-refractivity contribution in [3.8, 4) is 0 Å². The van der Waals surface area contributed by atoms with E-state index in [1.54, 1.807) is 39.2 Å². The molecule has 0 heterocycles. The summed E-state index contributed by atoms with van der Waals surface area (Å²) in [6, 6.07) is 4.91. The fourth-order valence-corrected chi connectivity index (χ4v) is 1.96. The van der Waals surface area contributed by atoms with Gasteiger partial charge in [0, 0.05) is 31.5 Å². The molecule has 6 heteroatoms. The first-order chi connectivity index (χ1) is 9.88. The van der Waals surface area contributed by atoms with Crippen LogP contribution in [-0.2, 0) is 4.79 Å². The molecule has 1 saturated carbocycles. The number of anilines is 2. The highest BCUT2D eigenvalue weighted by atomic mass is 16.2. The number of nitrogen functional groups attached to an aromatic ring is 1. The Morgan fingerprint density at radius 3 is 2.57 bits per heavy atom. The largest absolute Gasteiger partial charge is 0.399 e. The lowest BCUT2D eigenvalue weighted by molar-refractivity contribution is -0.121.